The van der Waals surface area contributed by atoms with E-state index in [4.69, 9.17) is 5.11 Å². The molecule has 0 bridgehead atoms. The molecule has 0 spiro atoms. The molecule has 0 radical (unpaired) electrons. The summed E-state index contributed by atoms with van der Waals surface area (Å²) in [5, 5.41) is 12.3. The lowest BCUT2D eigenvalue weighted by Gasteiger charge is -2.11. The van der Waals surface area contributed by atoms with Gasteiger partial charge in [0.1, 0.15) is 0 Å². The van der Waals surface area contributed by atoms with E-state index in [1.807, 2.05) is 6.92 Å². The highest BCUT2D eigenvalue weighted by Gasteiger charge is 2.14. The number of aliphatic carboxylic acids is 1. The first-order valence-corrected chi connectivity index (χ1v) is 6.65. The van der Waals surface area contributed by atoms with Gasteiger partial charge in [0.15, 0.2) is 0 Å². The standard InChI is InChI=1S/C13H27NO2/c1-3-5-6-7-10-14-11-9-12(8-4-2)13(15)16/h12,14H,3-11H2,1-2H3,(H,15,16). The summed E-state index contributed by atoms with van der Waals surface area (Å²) in [5.74, 6) is -0.803. The SMILES string of the molecule is CCCCCCNCCC(CCC)C(=O)O. The van der Waals surface area contributed by atoms with Gasteiger partial charge in [0.05, 0.1) is 5.92 Å². The van der Waals surface area contributed by atoms with Gasteiger partial charge in [0.2, 0.25) is 0 Å². The summed E-state index contributed by atoms with van der Waals surface area (Å²) >= 11 is 0. The Bertz CT molecular complexity index is 171. The Labute approximate surface area is 99.6 Å². The number of hydrogen-bond donors (Lipinski definition) is 2. The van der Waals surface area contributed by atoms with Crippen LogP contribution < -0.4 is 5.32 Å². The van der Waals surface area contributed by atoms with Crippen LogP contribution in [0.5, 0.6) is 0 Å². The van der Waals surface area contributed by atoms with Crippen LogP contribution >= 0.6 is 0 Å². The van der Waals surface area contributed by atoms with E-state index in [1.54, 1.807) is 0 Å². The number of carbonyl (C=O) groups is 1. The fourth-order valence-corrected chi connectivity index (χ4v) is 1.82. The van der Waals surface area contributed by atoms with Crippen molar-refractivity contribution in [3.05, 3.63) is 0 Å². The third-order valence-corrected chi connectivity index (χ3v) is 2.86. The lowest BCUT2D eigenvalue weighted by Crippen LogP contribution is -2.23. The van der Waals surface area contributed by atoms with Crippen molar-refractivity contribution in [1.82, 2.24) is 5.32 Å². The van der Waals surface area contributed by atoms with Gasteiger partial charge in [0, 0.05) is 0 Å². The van der Waals surface area contributed by atoms with Crippen LogP contribution in [0, 0.1) is 5.92 Å². The first-order valence-electron chi connectivity index (χ1n) is 6.65. The zero-order chi connectivity index (χ0) is 12.2. The van der Waals surface area contributed by atoms with Crippen molar-refractivity contribution in [2.45, 2.75) is 58.8 Å². The zero-order valence-electron chi connectivity index (χ0n) is 10.8. The molecule has 0 aliphatic heterocycles. The molecule has 0 aliphatic rings. The molecule has 3 nitrogen and oxygen atoms in total. The maximum absolute atomic E-state index is 10.9. The maximum atomic E-state index is 10.9. The predicted octanol–water partition coefficient (Wildman–Crippen LogP) is 3.05. The molecule has 0 aromatic carbocycles. The van der Waals surface area contributed by atoms with Crippen LogP contribution in [-0.4, -0.2) is 24.2 Å². The summed E-state index contributed by atoms with van der Waals surface area (Å²) in [6.45, 7) is 6.10. The van der Waals surface area contributed by atoms with Crippen LogP contribution in [0.15, 0.2) is 0 Å². The fraction of sp³-hybridized carbons (Fsp3) is 0.923. The molecule has 0 aromatic heterocycles. The van der Waals surface area contributed by atoms with Crippen LogP contribution in [0.25, 0.3) is 0 Å². The van der Waals surface area contributed by atoms with Crippen LogP contribution in [0.1, 0.15) is 58.8 Å². The zero-order valence-corrected chi connectivity index (χ0v) is 10.8. The number of nitrogens with one attached hydrogen (secondary N) is 1. The summed E-state index contributed by atoms with van der Waals surface area (Å²) in [6.07, 6.45) is 7.56. The minimum absolute atomic E-state index is 0.159. The van der Waals surface area contributed by atoms with Crippen LogP contribution in [0.4, 0.5) is 0 Å². The van der Waals surface area contributed by atoms with Crippen LogP contribution in [0.3, 0.4) is 0 Å². The molecule has 1 unspecified atom stereocenters. The van der Waals surface area contributed by atoms with E-state index in [2.05, 4.69) is 12.2 Å². The Hall–Kier alpha value is -0.570. The summed E-state index contributed by atoms with van der Waals surface area (Å²) < 4.78 is 0. The second kappa shape index (κ2) is 10.9. The fourth-order valence-electron chi connectivity index (χ4n) is 1.82. The minimum Gasteiger partial charge on any atom is -0.481 e. The molecule has 0 rings (SSSR count). The van der Waals surface area contributed by atoms with E-state index < -0.39 is 5.97 Å². The predicted molar refractivity (Wildman–Crippen MR) is 67.7 cm³/mol. The van der Waals surface area contributed by atoms with E-state index in [-0.39, 0.29) is 5.92 Å². The molecular weight excluding hydrogens is 202 g/mol. The summed E-state index contributed by atoms with van der Waals surface area (Å²) in [5.41, 5.74) is 0. The van der Waals surface area contributed by atoms with Gasteiger partial charge < -0.3 is 10.4 Å². The van der Waals surface area contributed by atoms with Gasteiger partial charge in [-0.05, 0) is 32.4 Å². The van der Waals surface area contributed by atoms with Gasteiger partial charge in [0.25, 0.3) is 0 Å². The van der Waals surface area contributed by atoms with Crippen LogP contribution in [-0.2, 0) is 4.79 Å². The summed E-state index contributed by atoms with van der Waals surface area (Å²) in [7, 11) is 0. The van der Waals surface area contributed by atoms with Crippen molar-refractivity contribution >= 4 is 5.97 Å². The molecule has 0 heterocycles. The third-order valence-electron chi connectivity index (χ3n) is 2.86. The highest BCUT2D eigenvalue weighted by molar-refractivity contribution is 5.69. The van der Waals surface area contributed by atoms with E-state index in [1.165, 1.54) is 25.7 Å². The maximum Gasteiger partial charge on any atom is 0.306 e. The number of rotatable bonds is 11. The van der Waals surface area contributed by atoms with E-state index in [9.17, 15) is 4.79 Å². The van der Waals surface area contributed by atoms with Crippen molar-refractivity contribution < 1.29 is 9.90 Å². The van der Waals surface area contributed by atoms with Gasteiger partial charge in [-0.25, -0.2) is 0 Å². The normalized spacial score (nSPS) is 12.6. The lowest BCUT2D eigenvalue weighted by molar-refractivity contribution is -0.142. The average molecular weight is 229 g/mol. The molecule has 0 aromatic rings. The van der Waals surface area contributed by atoms with Crippen molar-refractivity contribution in [3.63, 3.8) is 0 Å². The molecule has 0 saturated carbocycles. The Balaban J connectivity index is 3.37. The second-order valence-corrected chi connectivity index (χ2v) is 4.42. The molecule has 16 heavy (non-hydrogen) atoms. The van der Waals surface area contributed by atoms with Crippen molar-refractivity contribution in [2.75, 3.05) is 13.1 Å². The smallest absolute Gasteiger partial charge is 0.306 e. The molecular formula is C13H27NO2. The van der Waals surface area contributed by atoms with Crippen molar-refractivity contribution in [1.29, 1.82) is 0 Å². The number of carboxylic acid groups (broad SMARTS) is 1. The number of hydrogen-bond acceptors (Lipinski definition) is 2. The molecule has 0 fully saturated rings. The third kappa shape index (κ3) is 8.72. The summed E-state index contributed by atoms with van der Waals surface area (Å²) in [6, 6.07) is 0. The van der Waals surface area contributed by atoms with Crippen LogP contribution in [0.2, 0.25) is 0 Å². The van der Waals surface area contributed by atoms with E-state index in [0.717, 1.165) is 32.4 Å². The quantitative estimate of drug-likeness (QED) is 0.535. The number of carboxylic acids is 1. The highest BCUT2D eigenvalue weighted by atomic mass is 16.4. The monoisotopic (exact) mass is 229 g/mol. The Morgan fingerprint density at radius 3 is 2.38 bits per heavy atom. The van der Waals surface area contributed by atoms with Gasteiger partial charge in [-0.1, -0.05) is 39.5 Å². The first-order chi connectivity index (χ1) is 7.72. The number of unbranched alkanes of at least 4 members (excludes halogenated alkanes) is 3. The molecule has 2 N–H and O–H groups in total. The molecule has 3 heteroatoms. The van der Waals surface area contributed by atoms with E-state index >= 15 is 0 Å². The minimum atomic E-state index is -0.644. The van der Waals surface area contributed by atoms with E-state index in [0.29, 0.717) is 0 Å². The van der Waals surface area contributed by atoms with Crippen molar-refractivity contribution in [2.24, 2.45) is 5.92 Å². The van der Waals surface area contributed by atoms with Gasteiger partial charge in [-0.15, -0.1) is 0 Å². The first kappa shape index (κ1) is 15.4. The Morgan fingerprint density at radius 2 is 1.81 bits per heavy atom. The average Bonchev–Trinajstić information content (AvgIpc) is 2.26. The molecule has 0 aliphatic carbocycles. The lowest BCUT2D eigenvalue weighted by atomic mass is 10.0. The second-order valence-electron chi connectivity index (χ2n) is 4.42. The molecule has 0 saturated heterocycles. The summed E-state index contributed by atoms with van der Waals surface area (Å²) in [4.78, 5) is 10.9. The molecule has 1 atom stereocenters. The Morgan fingerprint density at radius 1 is 1.06 bits per heavy atom. The van der Waals surface area contributed by atoms with Gasteiger partial charge in [-0.2, -0.15) is 0 Å². The topological polar surface area (TPSA) is 49.3 Å². The Kier molecular flexibility index (Phi) is 10.5. The van der Waals surface area contributed by atoms with Gasteiger partial charge in [-0.3, -0.25) is 4.79 Å². The van der Waals surface area contributed by atoms with Gasteiger partial charge >= 0.3 is 5.97 Å². The highest BCUT2D eigenvalue weighted by Crippen LogP contribution is 2.10. The molecule has 0 amide bonds. The van der Waals surface area contributed by atoms with Crippen molar-refractivity contribution in [3.8, 4) is 0 Å². The largest absolute Gasteiger partial charge is 0.481 e. The molecule has 96 valence electrons.